The summed E-state index contributed by atoms with van der Waals surface area (Å²) in [4.78, 5) is 0. The van der Waals surface area contributed by atoms with Gasteiger partial charge in [0.2, 0.25) is 0 Å². The number of hydrogen-bond donors (Lipinski definition) is 2. The SMILES string of the molecule is C=C(C)COCCNC(CN)c1ccc(OC)c(F)c1. The molecule has 1 aromatic rings. The summed E-state index contributed by atoms with van der Waals surface area (Å²) in [7, 11) is 1.44. The lowest BCUT2D eigenvalue weighted by Gasteiger charge is -2.18. The molecular weight excluding hydrogens is 259 g/mol. The molecule has 0 radical (unpaired) electrons. The molecule has 0 amide bonds. The predicted octanol–water partition coefficient (Wildman–Crippen LogP) is 2.02. The van der Waals surface area contributed by atoms with Crippen molar-refractivity contribution in [1.82, 2.24) is 5.32 Å². The summed E-state index contributed by atoms with van der Waals surface area (Å²) in [6, 6.07) is 4.75. The minimum atomic E-state index is -0.385. The molecule has 0 aromatic heterocycles. The minimum Gasteiger partial charge on any atom is -0.494 e. The van der Waals surface area contributed by atoms with Crippen molar-refractivity contribution in [2.75, 3.05) is 33.4 Å². The minimum absolute atomic E-state index is 0.108. The number of nitrogens with one attached hydrogen (secondary N) is 1. The van der Waals surface area contributed by atoms with Crippen LogP contribution in [0.25, 0.3) is 0 Å². The normalized spacial score (nSPS) is 12.2. The molecule has 0 aliphatic heterocycles. The van der Waals surface area contributed by atoms with E-state index in [-0.39, 0.29) is 17.6 Å². The molecule has 0 fully saturated rings. The Morgan fingerprint density at radius 1 is 1.50 bits per heavy atom. The Bertz CT molecular complexity index is 438. The highest BCUT2D eigenvalue weighted by atomic mass is 19.1. The smallest absolute Gasteiger partial charge is 0.165 e. The van der Waals surface area contributed by atoms with Gasteiger partial charge < -0.3 is 20.5 Å². The average molecular weight is 282 g/mol. The molecule has 1 unspecified atom stereocenters. The number of methoxy groups -OCH3 is 1. The molecule has 3 N–H and O–H groups in total. The third kappa shape index (κ3) is 5.28. The maximum absolute atomic E-state index is 13.7. The Morgan fingerprint density at radius 3 is 2.80 bits per heavy atom. The van der Waals surface area contributed by atoms with Gasteiger partial charge in [0, 0.05) is 19.1 Å². The van der Waals surface area contributed by atoms with Crippen LogP contribution in [0.3, 0.4) is 0 Å². The molecule has 5 heteroatoms. The highest BCUT2D eigenvalue weighted by molar-refractivity contribution is 5.31. The highest BCUT2D eigenvalue weighted by Crippen LogP contribution is 2.21. The third-order valence-corrected chi connectivity index (χ3v) is 2.80. The second-order valence-corrected chi connectivity index (χ2v) is 4.65. The third-order valence-electron chi connectivity index (χ3n) is 2.80. The zero-order valence-electron chi connectivity index (χ0n) is 12.1. The van der Waals surface area contributed by atoms with Gasteiger partial charge in [-0.15, -0.1) is 0 Å². The van der Waals surface area contributed by atoms with Crippen LogP contribution in [0.4, 0.5) is 4.39 Å². The van der Waals surface area contributed by atoms with E-state index >= 15 is 0 Å². The molecule has 0 saturated heterocycles. The van der Waals surface area contributed by atoms with E-state index in [0.29, 0.717) is 26.3 Å². The Hall–Kier alpha value is -1.43. The maximum Gasteiger partial charge on any atom is 0.165 e. The van der Waals surface area contributed by atoms with E-state index in [1.807, 2.05) is 6.92 Å². The Balaban J connectivity index is 2.49. The van der Waals surface area contributed by atoms with Crippen molar-refractivity contribution in [3.05, 3.63) is 41.7 Å². The van der Waals surface area contributed by atoms with Crippen molar-refractivity contribution in [2.24, 2.45) is 5.73 Å². The lowest BCUT2D eigenvalue weighted by Crippen LogP contribution is -2.31. The fourth-order valence-corrected chi connectivity index (χ4v) is 1.79. The van der Waals surface area contributed by atoms with Gasteiger partial charge in [0.25, 0.3) is 0 Å². The Morgan fingerprint density at radius 2 is 2.25 bits per heavy atom. The van der Waals surface area contributed by atoms with E-state index in [9.17, 15) is 4.39 Å². The van der Waals surface area contributed by atoms with Gasteiger partial charge in [-0.25, -0.2) is 4.39 Å². The number of ether oxygens (including phenoxy) is 2. The lowest BCUT2D eigenvalue weighted by atomic mass is 10.1. The molecule has 0 heterocycles. The Kier molecular flexibility index (Phi) is 7.22. The second kappa shape index (κ2) is 8.68. The van der Waals surface area contributed by atoms with Gasteiger partial charge in [-0.3, -0.25) is 0 Å². The van der Waals surface area contributed by atoms with E-state index in [4.69, 9.17) is 15.2 Å². The average Bonchev–Trinajstić information content (AvgIpc) is 2.42. The first-order valence-corrected chi connectivity index (χ1v) is 6.57. The standard InChI is InChI=1S/C15H23FN2O2/c1-11(2)10-20-7-6-18-14(9-17)12-4-5-15(19-3)13(16)8-12/h4-5,8,14,18H,1,6-7,9-10,17H2,2-3H3. The van der Waals surface area contributed by atoms with Gasteiger partial charge in [0.1, 0.15) is 0 Å². The van der Waals surface area contributed by atoms with Crippen molar-refractivity contribution < 1.29 is 13.9 Å². The van der Waals surface area contributed by atoms with Crippen molar-refractivity contribution in [2.45, 2.75) is 13.0 Å². The van der Waals surface area contributed by atoms with E-state index in [1.54, 1.807) is 12.1 Å². The van der Waals surface area contributed by atoms with Crippen LogP contribution in [0.2, 0.25) is 0 Å². The van der Waals surface area contributed by atoms with Crippen LogP contribution in [-0.2, 0) is 4.74 Å². The topological polar surface area (TPSA) is 56.5 Å². The summed E-state index contributed by atoms with van der Waals surface area (Å²) >= 11 is 0. The number of hydrogen-bond acceptors (Lipinski definition) is 4. The number of benzene rings is 1. The second-order valence-electron chi connectivity index (χ2n) is 4.65. The maximum atomic E-state index is 13.7. The van der Waals surface area contributed by atoms with Crippen molar-refractivity contribution in [3.63, 3.8) is 0 Å². The summed E-state index contributed by atoms with van der Waals surface area (Å²) < 4.78 is 23.9. The number of nitrogens with two attached hydrogens (primary N) is 1. The lowest BCUT2D eigenvalue weighted by molar-refractivity contribution is 0.155. The molecule has 1 aromatic carbocycles. The van der Waals surface area contributed by atoms with Crippen LogP contribution in [-0.4, -0.2) is 33.4 Å². The summed E-state index contributed by atoms with van der Waals surface area (Å²) in [5, 5.41) is 3.24. The first-order chi connectivity index (χ1) is 9.58. The first-order valence-electron chi connectivity index (χ1n) is 6.57. The van der Waals surface area contributed by atoms with Crippen LogP contribution in [0.1, 0.15) is 18.5 Å². The van der Waals surface area contributed by atoms with Crippen LogP contribution >= 0.6 is 0 Å². The van der Waals surface area contributed by atoms with E-state index in [1.165, 1.54) is 13.2 Å². The summed E-state index contributed by atoms with van der Waals surface area (Å²) in [6.45, 7) is 7.80. The quantitative estimate of drug-likeness (QED) is 0.537. The van der Waals surface area contributed by atoms with Crippen LogP contribution in [0.5, 0.6) is 5.75 Å². The summed E-state index contributed by atoms with van der Waals surface area (Å²) in [6.07, 6.45) is 0. The van der Waals surface area contributed by atoms with E-state index < -0.39 is 0 Å². The number of halogens is 1. The molecule has 0 saturated carbocycles. The van der Waals surface area contributed by atoms with E-state index in [0.717, 1.165) is 11.1 Å². The van der Waals surface area contributed by atoms with E-state index in [2.05, 4.69) is 11.9 Å². The van der Waals surface area contributed by atoms with Crippen molar-refractivity contribution >= 4 is 0 Å². The monoisotopic (exact) mass is 282 g/mol. The fraction of sp³-hybridized carbons (Fsp3) is 0.467. The molecule has 0 bridgehead atoms. The molecule has 1 rings (SSSR count). The molecule has 0 aliphatic carbocycles. The van der Waals surface area contributed by atoms with Crippen LogP contribution in [0.15, 0.2) is 30.4 Å². The zero-order valence-corrected chi connectivity index (χ0v) is 12.1. The van der Waals surface area contributed by atoms with Crippen molar-refractivity contribution in [1.29, 1.82) is 0 Å². The van der Waals surface area contributed by atoms with Crippen LogP contribution < -0.4 is 15.8 Å². The predicted molar refractivity (Wildman–Crippen MR) is 78.4 cm³/mol. The molecular formula is C15H23FN2O2. The molecule has 4 nitrogen and oxygen atoms in total. The molecule has 20 heavy (non-hydrogen) atoms. The van der Waals surface area contributed by atoms with Gasteiger partial charge >= 0.3 is 0 Å². The first kappa shape index (κ1) is 16.6. The van der Waals surface area contributed by atoms with Crippen molar-refractivity contribution in [3.8, 4) is 5.75 Å². The summed E-state index contributed by atoms with van der Waals surface area (Å²) in [5.41, 5.74) is 7.50. The fourth-order valence-electron chi connectivity index (χ4n) is 1.79. The molecule has 1 atom stereocenters. The molecule has 0 spiro atoms. The van der Waals surface area contributed by atoms with Gasteiger partial charge in [-0.2, -0.15) is 0 Å². The largest absolute Gasteiger partial charge is 0.494 e. The highest BCUT2D eigenvalue weighted by Gasteiger charge is 2.11. The summed E-state index contributed by atoms with van der Waals surface area (Å²) in [5.74, 6) is -0.155. The van der Waals surface area contributed by atoms with Gasteiger partial charge in [0.15, 0.2) is 11.6 Å². The number of rotatable bonds is 9. The Labute approximate surface area is 119 Å². The van der Waals surface area contributed by atoms with Gasteiger partial charge in [-0.05, 0) is 24.6 Å². The van der Waals surface area contributed by atoms with Crippen LogP contribution in [0, 0.1) is 5.82 Å². The van der Waals surface area contributed by atoms with Gasteiger partial charge in [-0.1, -0.05) is 18.2 Å². The molecule has 112 valence electrons. The zero-order chi connectivity index (χ0) is 15.0. The molecule has 0 aliphatic rings. The van der Waals surface area contributed by atoms with Gasteiger partial charge in [0.05, 0.1) is 20.3 Å².